The highest BCUT2D eigenvalue weighted by molar-refractivity contribution is 5.97. The van der Waals surface area contributed by atoms with Gasteiger partial charge in [0, 0.05) is 17.4 Å². The lowest BCUT2D eigenvalue weighted by atomic mass is 9.79. The Kier molecular flexibility index (Phi) is 4.13. The van der Waals surface area contributed by atoms with E-state index >= 15 is 0 Å². The molecule has 2 atom stereocenters. The smallest absolute Gasteiger partial charge is 0.306 e. The van der Waals surface area contributed by atoms with Crippen LogP contribution in [0.15, 0.2) is 30.3 Å². The number of carbonyl (C=O) groups is 2. The highest BCUT2D eigenvalue weighted by Gasteiger charge is 2.30. The molecule has 1 saturated carbocycles. The van der Waals surface area contributed by atoms with Crippen LogP contribution < -0.4 is 5.32 Å². The summed E-state index contributed by atoms with van der Waals surface area (Å²) in [5.41, 5.74) is 1.44. The molecular weight excluding hydrogens is 280 g/mol. The summed E-state index contributed by atoms with van der Waals surface area (Å²) in [5.74, 6) is -1.23. The van der Waals surface area contributed by atoms with Crippen molar-refractivity contribution in [3.8, 4) is 0 Å². The summed E-state index contributed by atoms with van der Waals surface area (Å²) in [5, 5.41) is 13.1. The number of para-hydroxylation sites is 1. The average molecular weight is 300 g/mol. The Bertz CT molecular complexity index is 659. The molecule has 1 aliphatic rings. The van der Waals surface area contributed by atoms with E-state index in [1.54, 1.807) is 0 Å². The van der Waals surface area contributed by atoms with E-state index in [1.165, 1.54) is 0 Å². The molecule has 0 radical (unpaired) electrons. The van der Waals surface area contributed by atoms with Crippen molar-refractivity contribution in [2.75, 3.05) is 6.54 Å². The fourth-order valence-electron chi connectivity index (χ4n) is 3.29. The number of rotatable bonds is 4. The standard InChI is InChI=1S/C17H20N2O3/c20-16(15-9-11-5-2-4-8-14(11)19-15)18-10-12-6-1-3-7-13(12)17(21)22/h2,4-5,8-9,12-13,19H,1,3,6-7,10H2,(H,18,20)(H,21,22)/t12?,13-/m1/s1. The number of carboxylic acid groups (broad SMARTS) is 1. The first-order chi connectivity index (χ1) is 10.6. The van der Waals surface area contributed by atoms with E-state index in [0.717, 1.165) is 30.2 Å². The van der Waals surface area contributed by atoms with Crippen molar-refractivity contribution in [1.82, 2.24) is 10.3 Å². The van der Waals surface area contributed by atoms with Gasteiger partial charge in [0.2, 0.25) is 0 Å². The van der Waals surface area contributed by atoms with Crippen LogP contribution in [0.1, 0.15) is 36.2 Å². The van der Waals surface area contributed by atoms with E-state index in [0.29, 0.717) is 18.7 Å². The fraction of sp³-hybridized carbons (Fsp3) is 0.412. The minimum atomic E-state index is -0.746. The number of fused-ring (bicyclic) bond motifs is 1. The topological polar surface area (TPSA) is 82.2 Å². The number of aliphatic carboxylic acids is 1. The van der Waals surface area contributed by atoms with E-state index in [1.807, 2.05) is 30.3 Å². The number of hydrogen-bond donors (Lipinski definition) is 3. The molecule has 22 heavy (non-hydrogen) atoms. The van der Waals surface area contributed by atoms with Crippen LogP contribution >= 0.6 is 0 Å². The molecule has 2 aromatic rings. The number of benzene rings is 1. The zero-order valence-corrected chi connectivity index (χ0v) is 12.3. The molecule has 1 fully saturated rings. The van der Waals surface area contributed by atoms with Gasteiger partial charge in [0.25, 0.3) is 5.91 Å². The summed E-state index contributed by atoms with van der Waals surface area (Å²) in [4.78, 5) is 26.6. The van der Waals surface area contributed by atoms with E-state index in [-0.39, 0.29) is 17.7 Å². The van der Waals surface area contributed by atoms with Crippen LogP contribution in [0.5, 0.6) is 0 Å². The number of aromatic nitrogens is 1. The van der Waals surface area contributed by atoms with Crippen LogP contribution in [0, 0.1) is 11.8 Å². The Morgan fingerprint density at radius 1 is 1.23 bits per heavy atom. The number of H-pyrrole nitrogens is 1. The lowest BCUT2D eigenvalue weighted by Gasteiger charge is -2.28. The van der Waals surface area contributed by atoms with Crippen molar-refractivity contribution >= 4 is 22.8 Å². The van der Waals surface area contributed by atoms with Gasteiger partial charge in [-0.2, -0.15) is 0 Å². The summed E-state index contributed by atoms with van der Waals surface area (Å²) >= 11 is 0. The second kappa shape index (κ2) is 6.22. The molecule has 1 aromatic heterocycles. The minimum absolute atomic E-state index is 0.0274. The Hall–Kier alpha value is -2.30. The van der Waals surface area contributed by atoms with Crippen LogP contribution in [-0.4, -0.2) is 28.5 Å². The first-order valence-corrected chi connectivity index (χ1v) is 7.74. The number of amides is 1. The van der Waals surface area contributed by atoms with Crippen LogP contribution in [0.3, 0.4) is 0 Å². The molecule has 1 unspecified atom stereocenters. The predicted molar refractivity (Wildman–Crippen MR) is 83.7 cm³/mol. The highest BCUT2D eigenvalue weighted by Crippen LogP contribution is 2.29. The van der Waals surface area contributed by atoms with Crippen LogP contribution in [0.4, 0.5) is 0 Å². The maximum absolute atomic E-state index is 12.2. The Balaban J connectivity index is 1.65. The molecule has 3 N–H and O–H groups in total. The molecule has 1 amide bonds. The van der Waals surface area contributed by atoms with Gasteiger partial charge in [-0.1, -0.05) is 31.0 Å². The first-order valence-electron chi connectivity index (χ1n) is 7.74. The van der Waals surface area contributed by atoms with Gasteiger partial charge in [-0.05, 0) is 30.9 Å². The van der Waals surface area contributed by atoms with Gasteiger partial charge >= 0.3 is 5.97 Å². The lowest BCUT2D eigenvalue weighted by Crippen LogP contribution is -2.37. The van der Waals surface area contributed by atoms with Crippen LogP contribution in [-0.2, 0) is 4.79 Å². The predicted octanol–water partition coefficient (Wildman–Crippen LogP) is 2.79. The first kappa shape index (κ1) is 14.6. The fourth-order valence-corrected chi connectivity index (χ4v) is 3.29. The zero-order valence-electron chi connectivity index (χ0n) is 12.3. The third kappa shape index (κ3) is 2.98. The van der Waals surface area contributed by atoms with E-state index < -0.39 is 5.97 Å². The SMILES string of the molecule is O=C(NCC1CCCC[C@H]1C(=O)O)c1cc2ccccc2[nH]1. The van der Waals surface area contributed by atoms with Crippen molar-refractivity contribution in [2.45, 2.75) is 25.7 Å². The average Bonchev–Trinajstić information content (AvgIpc) is 2.97. The van der Waals surface area contributed by atoms with E-state index in [2.05, 4.69) is 10.3 Å². The maximum Gasteiger partial charge on any atom is 0.306 e. The van der Waals surface area contributed by atoms with Gasteiger partial charge in [0.05, 0.1) is 5.92 Å². The van der Waals surface area contributed by atoms with Gasteiger partial charge in [-0.3, -0.25) is 9.59 Å². The molecule has 0 bridgehead atoms. The Morgan fingerprint density at radius 3 is 2.77 bits per heavy atom. The largest absolute Gasteiger partial charge is 0.481 e. The molecule has 0 saturated heterocycles. The summed E-state index contributed by atoms with van der Waals surface area (Å²) in [7, 11) is 0. The van der Waals surface area contributed by atoms with Crippen molar-refractivity contribution in [3.63, 3.8) is 0 Å². The van der Waals surface area contributed by atoms with Crippen LogP contribution in [0.2, 0.25) is 0 Å². The monoisotopic (exact) mass is 300 g/mol. The van der Waals surface area contributed by atoms with Crippen molar-refractivity contribution in [2.24, 2.45) is 11.8 Å². The van der Waals surface area contributed by atoms with Crippen LogP contribution in [0.25, 0.3) is 10.9 Å². The van der Waals surface area contributed by atoms with Crippen molar-refractivity contribution in [3.05, 3.63) is 36.0 Å². The molecule has 116 valence electrons. The second-order valence-corrected chi connectivity index (χ2v) is 5.97. The maximum atomic E-state index is 12.2. The number of nitrogens with one attached hydrogen (secondary N) is 2. The molecular formula is C17H20N2O3. The third-order valence-corrected chi connectivity index (χ3v) is 4.53. The van der Waals surface area contributed by atoms with Gasteiger partial charge in [0.1, 0.15) is 5.69 Å². The van der Waals surface area contributed by atoms with E-state index in [9.17, 15) is 14.7 Å². The quantitative estimate of drug-likeness (QED) is 0.812. The molecule has 3 rings (SSSR count). The second-order valence-electron chi connectivity index (χ2n) is 5.97. The van der Waals surface area contributed by atoms with Gasteiger partial charge < -0.3 is 15.4 Å². The molecule has 0 aliphatic heterocycles. The summed E-state index contributed by atoms with van der Waals surface area (Å²) in [6.07, 6.45) is 3.58. The number of aromatic amines is 1. The summed E-state index contributed by atoms with van der Waals surface area (Å²) in [6.45, 7) is 0.422. The lowest BCUT2D eigenvalue weighted by molar-refractivity contribution is -0.144. The highest BCUT2D eigenvalue weighted by atomic mass is 16.4. The number of carboxylic acids is 1. The molecule has 1 aliphatic carbocycles. The normalized spacial score (nSPS) is 21.6. The van der Waals surface area contributed by atoms with Crippen molar-refractivity contribution in [1.29, 1.82) is 0 Å². The Morgan fingerprint density at radius 2 is 2.00 bits per heavy atom. The van der Waals surface area contributed by atoms with Gasteiger partial charge in [-0.15, -0.1) is 0 Å². The van der Waals surface area contributed by atoms with Gasteiger partial charge in [0.15, 0.2) is 0 Å². The minimum Gasteiger partial charge on any atom is -0.481 e. The Labute approximate surface area is 128 Å². The van der Waals surface area contributed by atoms with Crippen molar-refractivity contribution < 1.29 is 14.7 Å². The number of hydrogen-bond acceptors (Lipinski definition) is 2. The zero-order chi connectivity index (χ0) is 15.5. The van der Waals surface area contributed by atoms with E-state index in [4.69, 9.17) is 0 Å². The summed E-state index contributed by atoms with van der Waals surface area (Å²) in [6, 6.07) is 9.54. The number of carbonyl (C=O) groups excluding carboxylic acids is 1. The molecule has 5 heteroatoms. The third-order valence-electron chi connectivity index (χ3n) is 4.53. The molecule has 1 heterocycles. The molecule has 1 aromatic carbocycles. The van der Waals surface area contributed by atoms with Gasteiger partial charge in [-0.25, -0.2) is 0 Å². The molecule has 5 nitrogen and oxygen atoms in total. The summed E-state index contributed by atoms with van der Waals surface area (Å²) < 4.78 is 0. The molecule has 0 spiro atoms.